The molecule has 1 amide bonds. The van der Waals surface area contributed by atoms with Gasteiger partial charge in [-0.3, -0.25) is 9.59 Å². The molecule has 2 atom stereocenters. The van der Waals surface area contributed by atoms with Crippen LogP contribution in [0.25, 0.3) is 0 Å². The molecule has 3 rings (SSSR count). The molecule has 1 fully saturated rings. The SMILES string of the molecule is C[C@@H]1CN(C(=O)c2cn(Cc3ccc(F)cc3)cc(C(=O)O)c2=O)C[C@H](C)O1. The molecule has 0 bridgehead atoms. The Morgan fingerprint density at radius 1 is 1.11 bits per heavy atom. The number of carbonyl (C=O) groups is 2. The summed E-state index contributed by atoms with van der Waals surface area (Å²) in [6.07, 6.45) is 2.18. The molecule has 7 nitrogen and oxygen atoms in total. The molecule has 2 heterocycles. The van der Waals surface area contributed by atoms with Crippen molar-refractivity contribution in [3.05, 3.63) is 69.4 Å². The van der Waals surface area contributed by atoms with Crippen LogP contribution in [0.3, 0.4) is 0 Å². The number of halogens is 1. The number of nitrogens with zero attached hydrogens (tertiary/aromatic N) is 2. The van der Waals surface area contributed by atoms with Gasteiger partial charge in [-0.05, 0) is 31.5 Å². The van der Waals surface area contributed by atoms with Crippen molar-refractivity contribution < 1.29 is 23.8 Å². The van der Waals surface area contributed by atoms with Crippen molar-refractivity contribution in [3.63, 3.8) is 0 Å². The van der Waals surface area contributed by atoms with Gasteiger partial charge in [0.15, 0.2) is 0 Å². The van der Waals surface area contributed by atoms with Gasteiger partial charge in [-0.25, -0.2) is 9.18 Å². The maximum Gasteiger partial charge on any atom is 0.341 e. The van der Waals surface area contributed by atoms with Crippen LogP contribution < -0.4 is 5.43 Å². The number of morpholine rings is 1. The zero-order chi connectivity index (χ0) is 20.4. The highest BCUT2D eigenvalue weighted by Gasteiger charge is 2.29. The number of hydrogen-bond donors (Lipinski definition) is 1. The second kappa shape index (κ2) is 7.93. The topological polar surface area (TPSA) is 88.8 Å². The van der Waals surface area contributed by atoms with E-state index in [0.717, 1.165) is 0 Å². The van der Waals surface area contributed by atoms with Crippen LogP contribution in [0.2, 0.25) is 0 Å². The number of carboxylic acids is 1. The Hall–Kier alpha value is -3.00. The first-order valence-corrected chi connectivity index (χ1v) is 8.91. The number of aromatic nitrogens is 1. The first-order valence-electron chi connectivity index (χ1n) is 8.91. The number of rotatable bonds is 4. The van der Waals surface area contributed by atoms with Crippen LogP contribution in [0.5, 0.6) is 0 Å². The zero-order valence-corrected chi connectivity index (χ0v) is 15.6. The van der Waals surface area contributed by atoms with Crippen LogP contribution in [0.15, 0.2) is 41.5 Å². The summed E-state index contributed by atoms with van der Waals surface area (Å²) >= 11 is 0. The van der Waals surface area contributed by atoms with Crippen molar-refractivity contribution in [2.75, 3.05) is 13.1 Å². The standard InChI is InChI=1S/C20H21FN2O5/c1-12-7-23(8-13(2)28-12)19(25)16-10-22(11-17(18(16)24)20(26)27)9-14-3-5-15(21)6-4-14/h3-6,10-13H,7-9H2,1-2H3,(H,26,27)/t12-,13+. The molecule has 148 valence electrons. The van der Waals surface area contributed by atoms with Crippen LogP contribution in [0.1, 0.15) is 40.1 Å². The first kappa shape index (κ1) is 19.8. The molecule has 2 aromatic rings. The van der Waals surface area contributed by atoms with Crippen LogP contribution >= 0.6 is 0 Å². The lowest BCUT2D eigenvalue weighted by Gasteiger charge is -2.35. The lowest BCUT2D eigenvalue weighted by molar-refractivity contribution is -0.0586. The number of aromatic carboxylic acids is 1. The van der Waals surface area contributed by atoms with Gasteiger partial charge in [0.2, 0.25) is 5.43 Å². The van der Waals surface area contributed by atoms with Gasteiger partial charge < -0.3 is 19.3 Å². The number of hydrogen-bond acceptors (Lipinski definition) is 4. The van der Waals surface area contributed by atoms with Gasteiger partial charge in [-0.2, -0.15) is 0 Å². The minimum atomic E-state index is -1.41. The number of pyridine rings is 1. The summed E-state index contributed by atoms with van der Waals surface area (Å²) < 4.78 is 20.2. The van der Waals surface area contributed by atoms with E-state index in [1.165, 1.54) is 34.0 Å². The Balaban J connectivity index is 1.98. The predicted molar refractivity (Wildman–Crippen MR) is 99.1 cm³/mol. The fourth-order valence-electron chi connectivity index (χ4n) is 3.34. The van der Waals surface area contributed by atoms with Crippen LogP contribution in [-0.2, 0) is 11.3 Å². The predicted octanol–water partition coefficient (Wildman–Crippen LogP) is 1.98. The molecule has 1 aromatic heterocycles. The highest BCUT2D eigenvalue weighted by molar-refractivity contribution is 5.97. The molecule has 1 aliphatic heterocycles. The van der Waals surface area contributed by atoms with E-state index in [0.29, 0.717) is 18.7 Å². The number of carboxylic acid groups (broad SMARTS) is 1. The van der Waals surface area contributed by atoms with Crippen molar-refractivity contribution in [2.24, 2.45) is 0 Å². The fraction of sp³-hybridized carbons (Fsp3) is 0.350. The first-order chi connectivity index (χ1) is 13.2. The van der Waals surface area contributed by atoms with Gasteiger partial charge in [0, 0.05) is 32.0 Å². The molecule has 0 saturated carbocycles. The van der Waals surface area contributed by atoms with Crippen LogP contribution in [-0.4, -0.2) is 51.7 Å². The second-order valence-electron chi connectivity index (χ2n) is 6.99. The summed E-state index contributed by atoms with van der Waals surface area (Å²) in [5.74, 6) is -2.32. The lowest BCUT2D eigenvalue weighted by atomic mass is 10.1. The van der Waals surface area contributed by atoms with E-state index in [-0.39, 0.29) is 30.1 Å². The van der Waals surface area contributed by atoms with Gasteiger partial charge in [0.1, 0.15) is 16.9 Å². The van der Waals surface area contributed by atoms with Crippen LogP contribution in [0.4, 0.5) is 4.39 Å². The summed E-state index contributed by atoms with van der Waals surface area (Å²) in [6.45, 7) is 4.49. The van der Waals surface area contributed by atoms with E-state index in [2.05, 4.69) is 0 Å². The zero-order valence-electron chi connectivity index (χ0n) is 15.6. The summed E-state index contributed by atoms with van der Waals surface area (Å²) in [6, 6.07) is 5.69. The molecule has 1 saturated heterocycles. The third-order valence-electron chi connectivity index (χ3n) is 4.53. The van der Waals surface area contributed by atoms with Gasteiger partial charge in [-0.15, -0.1) is 0 Å². The molecule has 1 aromatic carbocycles. The summed E-state index contributed by atoms with van der Waals surface area (Å²) in [5.41, 5.74) is -0.807. The van der Waals surface area contributed by atoms with Gasteiger partial charge in [-0.1, -0.05) is 12.1 Å². The summed E-state index contributed by atoms with van der Waals surface area (Å²) in [5, 5.41) is 9.39. The Bertz CT molecular complexity index is 944. The van der Waals surface area contributed by atoms with E-state index in [1.54, 1.807) is 12.1 Å². The molecular weight excluding hydrogens is 367 g/mol. The monoisotopic (exact) mass is 388 g/mol. The Kier molecular flexibility index (Phi) is 5.60. The minimum Gasteiger partial charge on any atom is -0.477 e. The maximum absolute atomic E-state index is 13.1. The van der Waals surface area contributed by atoms with E-state index in [1.807, 2.05) is 13.8 Å². The Morgan fingerprint density at radius 2 is 1.68 bits per heavy atom. The molecule has 0 spiro atoms. The molecule has 1 N–H and O–H groups in total. The Morgan fingerprint density at radius 3 is 2.25 bits per heavy atom. The molecular formula is C20H21FN2O5. The summed E-state index contributed by atoms with van der Waals surface area (Å²) in [4.78, 5) is 38.6. The highest BCUT2D eigenvalue weighted by Crippen LogP contribution is 2.14. The molecule has 0 aliphatic carbocycles. The molecule has 8 heteroatoms. The number of benzene rings is 1. The maximum atomic E-state index is 13.1. The highest BCUT2D eigenvalue weighted by atomic mass is 19.1. The average Bonchev–Trinajstić information content (AvgIpc) is 2.63. The van der Waals surface area contributed by atoms with E-state index in [4.69, 9.17) is 4.74 Å². The molecule has 0 unspecified atom stereocenters. The van der Waals surface area contributed by atoms with Gasteiger partial charge in [0.25, 0.3) is 5.91 Å². The Labute approximate surface area is 161 Å². The molecule has 28 heavy (non-hydrogen) atoms. The smallest absolute Gasteiger partial charge is 0.341 e. The van der Waals surface area contributed by atoms with Crippen molar-refractivity contribution in [3.8, 4) is 0 Å². The average molecular weight is 388 g/mol. The van der Waals surface area contributed by atoms with E-state index in [9.17, 15) is 23.9 Å². The number of carbonyl (C=O) groups excluding carboxylic acids is 1. The van der Waals surface area contributed by atoms with Gasteiger partial charge >= 0.3 is 5.97 Å². The van der Waals surface area contributed by atoms with E-state index < -0.39 is 22.9 Å². The molecule has 0 radical (unpaired) electrons. The van der Waals surface area contributed by atoms with Crippen LogP contribution in [0, 0.1) is 5.82 Å². The lowest BCUT2D eigenvalue weighted by Crippen LogP contribution is -2.49. The van der Waals surface area contributed by atoms with Crippen molar-refractivity contribution in [2.45, 2.75) is 32.6 Å². The quantitative estimate of drug-likeness (QED) is 0.865. The van der Waals surface area contributed by atoms with Gasteiger partial charge in [0.05, 0.1) is 12.2 Å². The number of amides is 1. The van der Waals surface area contributed by atoms with Crippen molar-refractivity contribution in [1.82, 2.24) is 9.47 Å². The van der Waals surface area contributed by atoms with Crippen molar-refractivity contribution >= 4 is 11.9 Å². The van der Waals surface area contributed by atoms with Crippen molar-refractivity contribution in [1.29, 1.82) is 0 Å². The third-order valence-corrected chi connectivity index (χ3v) is 4.53. The summed E-state index contributed by atoms with van der Waals surface area (Å²) in [7, 11) is 0. The number of ether oxygens (including phenoxy) is 1. The van der Waals surface area contributed by atoms with E-state index >= 15 is 0 Å². The normalized spacial score (nSPS) is 19.5. The largest absolute Gasteiger partial charge is 0.477 e. The minimum absolute atomic E-state index is 0.184. The fourth-order valence-corrected chi connectivity index (χ4v) is 3.34. The molecule has 1 aliphatic rings. The second-order valence-corrected chi connectivity index (χ2v) is 6.99. The third kappa shape index (κ3) is 4.28.